The minimum Gasteiger partial charge on any atom is -0.256 e. The zero-order chi connectivity index (χ0) is 68.8. The van der Waals surface area contributed by atoms with Crippen LogP contribution in [0, 0.1) is 0 Å². The number of nitrogens with zero attached hydrogens (tertiary/aromatic N) is 3. The molecule has 94 heavy (non-hydrogen) atoms. The van der Waals surface area contributed by atoms with Crippen LogP contribution in [0.5, 0.6) is 0 Å². The zero-order valence-electron chi connectivity index (χ0n) is 61.8. The van der Waals surface area contributed by atoms with Gasteiger partial charge in [0.25, 0.3) is 0 Å². The van der Waals surface area contributed by atoms with E-state index in [0.717, 1.165) is 5.52 Å². The van der Waals surface area contributed by atoms with Gasteiger partial charge in [0.15, 0.2) is 0 Å². The van der Waals surface area contributed by atoms with Gasteiger partial charge in [0, 0.05) is 53.9 Å². The molecule has 0 aliphatic heterocycles. The highest BCUT2D eigenvalue weighted by Crippen LogP contribution is 2.42. The van der Waals surface area contributed by atoms with Crippen molar-refractivity contribution in [2.75, 3.05) is 0 Å². The number of hydrogen-bond donors (Lipinski definition) is 0. The van der Waals surface area contributed by atoms with E-state index >= 15 is 0 Å². The van der Waals surface area contributed by atoms with Crippen molar-refractivity contribution in [1.29, 1.82) is 0 Å². The molecule has 496 valence electrons. The second-order valence-electron chi connectivity index (χ2n) is 29.3. The highest BCUT2D eigenvalue weighted by molar-refractivity contribution is 7.19. The summed E-state index contributed by atoms with van der Waals surface area (Å²) in [5, 5.41) is 9.50. The lowest BCUT2D eigenvalue weighted by atomic mass is 9.86. The lowest BCUT2D eigenvalue weighted by molar-refractivity contribution is 0.795. The lowest BCUT2D eigenvalue weighted by Gasteiger charge is -2.18. The van der Waals surface area contributed by atoms with Gasteiger partial charge >= 0.3 is 0 Å². The molecule has 5 heteroatoms. The summed E-state index contributed by atoms with van der Waals surface area (Å²) in [6, 6.07) is 56.5. The Morgan fingerprint density at radius 1 is 0.223 bits per heavy atom. The normalized spacial score (nSPS) is 11.7. The molecular formula is C89H113N3S2. The Morgan fingerprint density at radius 2 is 0.521 bits per heavy atom. The fourth-order valence-corrected chi connectivity index (χ4v) is 16.3. The Balaban J connectivity index is 0.000000160. The predicted octanol–water partition coefficient (Wildman–Crippen LogP) is 28.8. The van der Waals surface area contributed by atoms with Gasteiger partial charge in [-0.2, -0.15) is 0 Å². The molecule has 0 saturated carbocycles. The van der Waals surface area contributed by atoms with E-state index in [-0.39, 0.29) is 0 Å². The Bertz CT molecular complexity index is 3900. The molecule has 0 atom stereocenters. The molecule has 12 aromatic rings. The van der Waals surface area contributed by atoms with Gasteiger partial charge in [0.05, 0.1) is 16.6 Å². The summed E-state index contributed by atoms with van der Waals surface area (Å²) in [4.78, 5) is 16.6. The van der Waals surface area contributed by atoms with E-state index in [1.165, 1.54) is 103 Å². The van der Waals surface area contributed by atoms with Crippen LogP contribution >= 0.6 is 22.7 Å². The quantitative estimate of drug-likeness (QED) is 0.122. The van der Waals surface area contributed by atoms with Crippen molar-refractivity contribution in [1.82, 2.24) is 15.0 Å². The molecule has 12 rings (SSSR count). The second-order valence-corrected chi connectivity index (χ2v) is 31.5. The van der Waals surface area contributed by atoms with Gasteiger partial charge in [-0.3, -0.25) is 15.0 Å². The molecule has 0 unspecified atom stereocenters. The Morgan fingerprint density at radius 3 is 0.904 bits per heavy atom. The standard InChI is InChI=1S/C16H20.3C15H19N.2C14H18S/c1-11(2)14-10-9-13-7-5-6-8-15(13)16(14)12(3)4;1-10(2)12-7-8-14-13(6-5-9-16-14)15(12)11(3)4;2*1-10(2)13-8-7-12-6-5-9-16-15(12)14(13)11(3)4;2*1-9(2)13-11-7-5-6-8-12(11)15-14(13)10(3)4/h5-12H,1-4H3;3*5-11H,1-4H3;2*5-10H,1-4H3. The third kappa shape index (κ3) is 17.9. The first kappa shape index (κ1) is 74.3. The zero-order valence-corrected chi connectivity index (χ0v) is 63.5. The molecule has 0 aliphatic rings. The van der Waals surface area contributed by atoms with Crippen molar-refractivity contribution in [3.63, 3.8) is 0 Å². The average Bonchev–Trinajstić information content (AvgIpc) is 0.887. The molecular weight excluding hydrogens is 1180 g/mol. The van der Waals surface area contributed by atoms with Crippen LogP contribution in [0.2, 0.25) is 0 Å². The average molecular weight is 1290 g/mol. The van der Waals surface area contributed by atoms with Crippen LogP contribution in [0.1, 0.15) is 303 Å². The number of fused-ring (bicyclic) bond motifs is 6. The van der Waals surface area contributed by atoms with Crippen LogP contribution < -0.4 is 0 Å². The third-order valence-electron chi connectivity index (χ3n) is 17.9. The predicted molar refractivity (Wildman–Crippen MR) is 422 cm³/mol. The number of thiophene rings is 2. The first-order valence-corrected chi connectivity index (χ1v) is 37.0. The minimum atomic E-state index is 0.524. The van der Waals surface area contributed by atoms with Crippen LogP contribution in [0.3, 0.4) is 0 Å². The van der Waals surface area contributed by atoms with Gasteiger partial charge in [-0.15, -0.1) is 22.7 Å². The van der Waals surface area contributed by atoms with E-state index in [0.29, 0.717) is 71.0 Å². The van der Waals surface area contributed by atoms with Gasteiger partial charge < -0.3 is 0 Å². The highest BCUT2D eigenvalue weighted by Gasteiger charge is 2.21. The van der Waals surface area contributed by atoms with Crippen molar-refractivity contribution in [3.8, 4) is 0 Å². The number of hydrogen-bond acceptors (Lipinski definition) is 5. The lowest BCUT2D eigenvalue weighted by Crippen LogP contribution is -2.00. The Kier molecular flexibility index (Phi) is 26.9. The van der Waals surface area contributed by atoms with E-state index in [1.54, 1.807) is 20.9 Å². The number of aromatic nitrogens is 3. The minimum absolute atomic E-state index is 0.524. The third-order valence-corrected chi connectivity index (χ3v) is 20.9. The fraction of sp³-hybridized carbons (Fsp3) is 0.404. The molecule has 0 N–H and O–H groups in total. The van der Waals surface area contributed by atoms with E-state index in [4.69, 9.17) is 0 Å². The number of pyridine rings is 3. The first-order valence-electron chi connectivity index (χ1n) is 35.3. The summed E-state index contributed by atoms with van der Waals surface area (Å²) in [6.45, 7) is 54.4. The number of rotatable bonds is 12. The van der Waals surface area contributed by atoms with E-state index in [9.17, 15) is 0 Å². The van der Waals surface area contributed by atoms with Crippen molar-refractivity contribution in [2.45, 2.75) is 237 Å². The summed E-state index contributed by atoms with van der Waals surface area (Å²) >= 11 is 3.92. The molecule has 7 aromatic carbocycles. The highest BCUT2D eigenvalue weighted by atomic mass is 32.1. The fourth-order valence-electron chi connectivity index (χ4n) is 13.6. The van der Waals surface area contributed by atoms with Gasteiger partial charge in [-0.1, -0.05) is 287 Å². The van der Waals surface area contributed by atoms with Crippen LogP contribution in [-0.2, 0) is 0 Å². The maximum absolute atomic E-state index is 4.55. The van der Waals surface area contributed by atoms with Gasteiger partial charge in [-0.05, 0) is 185 Å². The molecule has 0 bridgehead atoms. The second kappa shape index (κ2) is 34.1. The van der Waals surface area contributed by atoms with Crippen LogP contribution in [0.25, 0.3) is 63.7 Å². The largest absolute Gasteiger partial charge is 0.256 e. The smallest absolute Gasteiger partial charge is 0.0739 e. The SMILES string of the molecule is CC(C)c1ccc2ccccc2c1C(C)C.CC(C)c1ccc2cccnc2c1C(C)C.CC(C)c1ccc2cccnc2c1C(C)C.CC(C)c1ccc2ncccc2c1C(C)C.CC(C)c1sc2ccccc2c1C(C)C.CC(C)c1sc2ccccc2c1C(C)C. The maximum Gasteiger partial charge on any atom is 0.0739 e. The van der Waals surface area contributed by atoms with E-state index < -0.39 is 0 Å². The summed E-state index contributed by atoms with van der Waals surface area (Å²) in [5.41, 5.74) is 18.2. The molecule has 5 aromatic heterocycles. The summed E-state index contributed by atoms with van der Waals surface area (Å²) in [6.07, 6.45) is 5.64. The molecule has 0 amide bonds. The van der Waals surface area contributed by atoms with Crippen molar-refractivity contribution in [3.05, 3.63) is 242 Å². The monoisotopic (exact) mass is 1290 g/mol. The van der Waals surface area contributed by atoms with Crippen molar-refractivity contribution in [2.24, 2.45) is 0 Å². The molecule has 5 heterocycles. The van der Waals surface area contributed by atoms with Gasteiger partial charge in [0.2, 0.25) is 0 Å². The summed E-state index contributed by atoms with van der Waals surface area (Å²) in [7, 11) is 0. The molecule has 0 spiro atoms. The van der Waals surface area contributed by atoms with Crippen molar-refractivity contribution >= 4 is 86.3 Å². The van der Waals surface area contributed by atoms with Crippen LogP contribution in [0.4, 0.5) is 0 Å². The van der Waals surface area contributed by atoms with Gasteiger partial charge in [0.1, 0.15) is 0 Å². The molecule has 3 nitrogen and oxygen atoms in total. The van der Waals surface area contributed by atoms with E-state index in [1.807, 2.05) is 59.5 Å². The van der Waals surface area contributed by atoms with E-state index in [2.05, 4.69) is 321 Å². The van der Waals surface area contributed by atoms with Gasteiger partial charge in [-0.25, -0.2) is 0 Å². The Hall–Kier alpha value is -7.05. The molecule has 0 aliphatic carbocycles. The molecule has 0 fully saturated rings. The first-order chi connectivity index (χ1) is 44.7. The summed E-state index contributed by atoms with van der Waals surface area (Å²) < 4.78 is 2.87. The molecule has 0 saturated heterocycles. The number of benzene rings is 7. The molecule has 0 radical (unpaired) electrons. The Labute approximate surface area is 576 Å². The topological polar surface area (TPSA) is 38.7 Å². The van der Waals surface area contributed by atoms with Crippen LogP contribution in [-0.4, -0.2) is 15.0 Å². The van der Waals surface area contributed by atoms with Crippen molar-refractivity contribution < 1.29 is 0 Å². The maximum atomic E-state index is 4.55. The van der Waals surface area contributed by atoms with Crippen LogP contribution in [0.15, 0.2) is 176 Å². The summed E-state index contributed by atoms with van der Waals surface area (Å²) in [5.74, 6) is 6.99.